The van der Waals surface area contributed by atoms with E-state index in [2.05, 4.69) is 56.5 Å². The maximum Gasteiger partial charge on any atom is 0.113 e. The third-order valence-corrected chi connectivity index (χ3v) is 4.47. The van der Waals surface area contributed by atoms with Crippen LogP contribution in [0.4, 0.5) is 0 Å². The van der Waals surface area contributed by atoms with Gasteiger partial charge in [-0.05, 0) is 17.7 Å². The molecule has 2 aromatic carbocycles. The van der Waals surface area contributed by atoms with Crippen LogP contribution in [0.2, 0.25) is 0 Å². The van der Waals surface area contributed by atoms with Gasteiger partial charge in [0.15, 0.2) is 0 Å². The largest absolute Gasteiger partial charge is 0.297 e. The average molecular weight is 307 g/mol. The fourth-order valence-electron chi connectivity index (χ4n) is 3.14. The van der Waals surface area contributed by atoms with Crippen molar-refractivity contribution in [2.24, 2.45) is 0 Å². The zero-order valence-electron chi connectivity index (χ0n) is 13.2. The Bertz CT molecular complexity index is 759. The lowest BCUT2D eigenvalue weighted by atomic mass is 10.2. The normalized spacial score (nSPS) is 16.9. The third-order valence-electron chi connectivity index (χ3n) is 4.47. The molecular weight excluding hydrogens is 286 g/mol. The molecule has 0 N–H and O–H groups in total. The molecule has 4 rings (SSSR count). The van der Waals surface area contributed by atoms with Gasteiger partial charge < -0.3 is 0 Å². The van der Waals surface area contributed by atoms with E-state index in [1.807, 2.05) is 22.9 Å². The van der Waals surface area contributed by atoms with Crippen LogP contribution in [-0.2, 0) is 13.2 Å². The van der Waals surface area contributed by atoms with E-state index in [1.54, 1.807) is 0 Å². The highest BCUT2D eigenvalue weighted by Gasteiger charge is 2.18. The molecular formula is C18H21N5. The number of rotatable bonds is 4. The highest BCUT2D eigenvalue weighted by atomic mass is 15.5. The van der Waals surface area contributed by atoms with E-state index in [1.165, 1.54) is 5.56 Å². The van der Waals surface area contributed by atoms with Crippen LogP contribution in [0.3, 0.4) is 0 Å². The molecule has 0 atom stereocenters. The van der Waals surface area contributed by atoms with E-state index in [9.17, 15) is 0 Å². The quantitative estimate of drug-likeness (QED) is 0.740. The van der Waals surface area contributed by atoms with Gasteiger partial charge in [-0.25, -0.2) is 4.68 Å². The van der Waals surface area contributed by atoms with Crippen molar-refractivity contribution < 1.29 is 0 Å². The third kappa shape index (κ3) is 3.25. The minimum atomic E-state index is 0.819. The molecule has 118 valence electrons. The molecule has 5 heteroatoms. The van der Waals surface area contributed by atoms with Gasteiger partial charge in [0.1, 0.15) is 5.52 Å². The van der Waals surface area contributed by atoms with Crippen LogP contribution in [0.25, 0.3) is 11.0 Å². The van der Waals surface area contributed by atoms with Crippen molar-refractivity contribution in [3.05, 3.63) is 60.2 Å². The fraction of sp³-hybridized carbons (Fsp3) is 0.333. The molecule has 5 nitrogen and oxygen atoms in total. The van der Waals surface area contributed by atoms with E-state index in [4.69, 9.17) is 0 Å². The lowest BCUT2D eigenvalue weighted by molar-refractivity contribution is 0.0996. The zero-order valence-corrected chi connectivity index (χ0v) is 13.2. The van der Waals surface area contributed by atoms with Gasteiger partial charge in [0.2, 0.25) is 0 Å². The Hall–Kier alpha value is -2.24. The van der Waals surface area contributed by atoms with Gasteiger partial charge in [0.05, 0.1) is 12.2 Å². The minimum Gasteiger partial charge on any atom is -0.297 e. The summed E-state index contributed by atoms with van der Waals surface area (Å²) in [6, 6.07) is 18.8. The monoisotopic (exact) mass is 307 g/mol. The summed E-state index contributed by atoms with van der Waals surface area (Å²) in [7, 11) is 0. The molecule has 0 radical (unpaired) electrons. The van der Waals surface area contributed by atoms with Gasteiger partial charge in [-0.2, -0.15) is 0 Å². The molecule has 1 aliphatic rings. The summed E-state index contributed by atoms with van der Waals surface area (Å²) < 4.78 is 2.00. The predicted octanol–water partition coefficient (Wildman–Crippen LogP) is 2.21. The van der Waals surface area contributed by atoms with Gasteiger partial charge in [-0.3, -0.25) is 9.80 Å². The van der Waals surface area contributed by atoms with E-state index in [0.717, 1.165) is 50.4 Å². The number of hydrogen-bond donors (Lipinski definition) is 0. The van der Waals surface area contributed by atoms with Crippen LogP contribution >= 0.6 is 0 Å². The molecule has 2 heterocycles. The molecule has 23 heavy (non-hydrogen) atoms. The second-order valence-electron chi connectivity index (χ2n) is 6.10. The Balaban J connectivity index is 1.35. The molecule has 0 bridgehead atoms. The van der Waals surface area contributed by atoms with Gasteiger partial charge in [0, 0.05) is 32.7 Å². The first-order chi connectivity index (χ1) is 11.4. The summed E-state index contributed by atoms with van der Waals surface area (Å²) in [5.41, 5.74) is 3.47. The van der Waals surface area contributed by atoms with E-state index in [0.29, 0.717) is 0 Å². The summed E-state index contributed by atoms with van der Waals surface area (Å²) in [6.45, 7) is 6.20. The van der Waals surface area contributed by atoms with Crippen molar-refractivity contribution in [3.63, 3.8) is 0 Å². The Labute approximate surface area is 136 Å². The van der Waals surface area contributed by atoms with Crippen molar-refractivity contribution in [2.45, 2.75) is 13.2 Å². The van der Waals surface area contributed by atoms with Crippen LogP contribution in [0.1, 0.15) is 5.56 Å². The summed E-state index contributed by atoms with van der Waals surface area (Å²) in [4.78, 5) is 4.97. The zero-order chi connectivity index (χ0) is 15.5. The molecule has 1 fully saturated rings. The number of aromatic nitrogens is 3. The molecule has 0 unspecified atom stereocenters. The average Bonchev–Trinajstić information content (AvgIpc) is 3.01. The SMILES string of the molecule is c1ccc(CN2CCN(Cn3nnc4ccccc43)CC2)cc1. The van der Waals surface area contributed by atoms with Crippen molar-refractivity contribution >= 4 is 11.0 Å². The van der Waals surface area contributed by atoms with E-state index in [-0.39, 0.29) is 0 Å². The number of fused-ring (bicyclic) bond motifs is 1. The number of benzene rings is 2. The number of para-hydroxylation sites is 1. The Morgan fingerprint density at radius 3 is 2.30 bits per heavy atom. The van der Waals surface area contributed by atoms with Crippen molar-refractivity contribution in [1.82, 2.24) is 24.8 Å². The Morgan fingerprint density at radius 2 is 1.48 bits per heavy atom. The van der Waals surface area contributed by atoms with E-state index >= 15 is 0 Å². The van der Waals surface area contributed by atoms with Crippen molar-refractivity contribution in [1.29, 1.82) is 0 Å². The minimum absolute atomic E-state index is 0.819. The predicted molar refractivity (Wildman–Crippen MR) is 90.8 cm³/mol. The van der Waals surface area contributed by atoms with Crippen molar-refractivity contribution in [2.75, 3.05) is 26.2 Å². The lowest BCUT2D eigenvalue weighted by Crippen LogP contribution is -2.46. The Kier molecular flexibility index (Phi) is 4.05. The van der Waals surface area contributed by atoms with Gasteiger partial charge in [0.25, 0.3) is 0 Å². The number of piperazine rings is 1. The first-order valence-corrected chi connectivity index (χ1v) is 8.15. The molecule has 1 aliphatic heterocycles. The van der Waals surface area contributed by atoms with E-state index < -0.39 is 0 Å². The van der Waals surface area contributed by atoms with Gasteiger partial charge in [-0.1, -0.05) is 47.7 Å². The first-order valence-electron chi connectivity index (χ1n) is 8.15. The van der Waals surface area contributed by atoms with Crippen LogP contribution in [0.15, 0.2) is 54.6 Å². The number of nitrogens with zero attached hydrogens (tertiary/aromatic N) is 5. The summed E-state index contributed by atoms with van der Waals surface area (Å²) in [5.74, 6) is 0. The van der Waals surface area contributed by atoms with Crippen molar-refractivity contribution in [3.8, 4) is 0 Å². The van der Waals surface area contributed by atoms with Crippen LogP contribution in [0.5, 0.6) is 0 Å². The maximum atomic E-state index is 4.29. The second kappa shape index (κ2) is 6.48. The summed E-state index contributed by atoms with van der Waals surface area (Å²) in [6.07, 6.45) is 0. The molecule has 0 spiro atoms. The summed E-state index contributed by atoms with van der Waals surface area (Å²) in [5, 5.41) is 8.52. The van der Waals surface area contributed by atoms with Gasteiger partial charge >= 0.3 is 0 Å². The smallest absolute Gasteiger partial charge is 0.113 e. The molecule has 1 aromatic heterocycles. The van der Waals surface area contributed by atoms with Crippen LogP contribution in [-0.4, -0.2) is 51.0 Å². The lowest BCUT2D eigenvalue weighted by Gasteiger charge is -2.34. The first kappa shape index (κ1) is 14.4. The molecule has 0 aliphatic carbocycles. The maximum absolute atomic E-state index is 4.29. The summed E-state index contributed by atoms with van der Waals surface area (Å²) >= 11 is 0. The Morgan fingerprint density at radius 1 is 0.783 bits per heavy atom. The van der Waals surface area contributed by atoms with Crippen LogP contribution in [0, 0.1) is 0 Å². The molecule has 0 saturated carbocycles. The van der Waals surface area contributed by atoms with Crippen LogP contribution < -0.4 is 0 Å². The fourth-order valence-corrected chi connectivity index (χ4v) is 3.14. The van der Waals surface area contributed by atoms with Gasteiger partial charge in [-0.15, -0.1) is 5.10 Å². The standard InChI is InChI=1S/C18H21N5/c1-2-6-16(7-3-1)14-21-10-12-22(13-11-21)15-23-18-9-5-4-8-17(18)19-20-23/h1-9H,10-15H2. The molecule has 3 aromatic rings. The topological polar surface area (TPSA) is 37.2 Å². The molecule has 1 saturated heterocycles. The highest BCUT2D eigenvalue weighted by molar-refractivity contribution is 5.73. The second-order valence-corrected chi connectivity index (χ2v) is 6.10. The number of hydrogen-bond acceptors (Lipinski definition) is 4. The highest BCUT2D eigenvalue weighted by Crippen LogP contribution is 2.12. The molecule has 0 amide bonds.